The fraction of sp³-hybridized carbons (Fsp3) is 0.250. The van der Waals surface area contributed by atoms with Crippen molar-refractivity contribution >= 4 is 11.6 Å². The number of hydrogen-bond donors (Lipinski definition) is 0. The van der Waals surface area contributed by atoms with Crippen LogP contribution in [0, 0.1) is 0 Å². The molecule has 0 aliphatic rings. The van der Waals surface area contributed by atoms with E-state index in [1.165, 1.54) is 5.69 Å². The second-order valence-electron chi connectivity index (χ2n) is 3.48. The fourth-order valence-electron chi connectivity index (χ4n) is 1.64. The molecule has 78 valence electrons. The Bertz CT molecular complexity index is 474. The highest BCUT2D eigenvalue weighted by Gasteiger charge is 2.08. The number of hydrogen-bond acceptors (Lipinski definition) is 1. The maximum absolute atomic E-state index is 6.11. The van der Waals surface area contributed by atoms with E-state index in [9.17, 15) is 0 Å². The second kappa shape index (κ2) is 4.07. The summed E-state index contributed by atoms with van der Waals surface area (Å²) in [7, 11) is 1.96. The van der Waals surface area contributed by atoms with Gasteiger partial charge in [0, 0.05) is 18.3 Å². The van der Waals surface area contributed by atoms with Crippen molar-refractivity contribution in [3.63, 3.8) is 0 Å². The number of benzene rings is 1. The van der Waals surface area contributed by atoms with Crippen molar-refractivity contribution in [1.29, 1.82) is 0 Å². The highest BCUT2D eigenvalue weighted by atomic mass is 35.5. The van der Waals surface area contributed by atoms with Crippen LogP contribution in [-0.4, -0.2) is 9.78 Å². The van der Waals surface area contributed by atoms with Gasteiger partial charge in [-0.25, -0.2) is 0 Å². The van der Waals surface area contributed by atoms with E-state index in [-0.39, 0.29) is 0 Å². The maximum atomic E-state index is 6.11. The molecule has 0 amide bonds. The minimum Gasteiger partial charge on any atom is -0.272 e. The number of nitrogens with zero attached hydrogens (tertiary/aromatic N) is 2. The molecule has 1 aromatic heterocycles. The van der Waals surface area contributed by atoms with Crippen molar-refractivity contribution in [3.05, 3.63) is 41.0 Å². The summed E-state index contributed by atoms with van der Waals surface area (Å²) in [6.45, 7) is 2.12. The molecule has 15 heavy (non-hydrogen) atoms. The Labute approximate surface area is 94.5 Å². The molecule has 0 fully saturated rings. The first-order valence-corrected chi connectivity index (χ1v) is 5.38. The lowest BCUT2D eigenvalue weighted by Gasteiger charge is -1.98. The van der Waals surface area contributed by atoms with E-state index >= 15 is 0 Å². The topological polar surface area (TPSA) is 17.8 Å². The number of rotatable bonds is 2. The van der Waals surface area contributed by atoms with Gasteiger partial charge in [0.2, 0.25) is 0 Å². The zero-order chi connectivity index (χ0) is 10.8. The molecule has 0 aliphatic heterocycles. The van der Waals surface area contributed by atoms with Gasteiger partial charge < -0.3 is 0 Å². The Balaban J connectivity index is 2.50. The summed E-state index contributed by atoms with van der Waals surface area (Å²) in [5, 5.41) is 5.19. The minimum atomic E-state index is 0.748. The monoisotopic (exact) mass is 220 g/mol. The van der Waals surface area contributed by atoms with Gasteiger partial charge in [-0.1, -0.05) is 36.7 Å². The van der Waals surface area contributed by atoms with Gasteiger partial charge in [-0.05, 0) is 18.6 Å². The standard InChI is InChI=1S/C12H13ClN2/c1-3-9-8-12(14-15(9)2)10-6-4-5-7-11(10)13/h4-8H,3H2,1-2H3. The molecular formula is C12H13ClN2. The van der Waals surface area contributed by atoms with E-state index in [1.807, 2.05) is 36.0 Å². The Kier molecular flexibility index (Phi) is 2.78. The smallest absolute Gasteiger partial charge is 0.0940 e. The van der Waals surface area contributed by atoms with E-state index in [2.05, 4.69) is 18.1 Å². The summed E-state index contributed by atoms with van der Waals surface area (Å²) < 4.78 is 1.90. The Morgan fingerprint density at radius 1 is 1.33 bits per heavy atom. The van der Waals surface area contributed by atoms with Crippen LogP contribution >= 0.6 is 11.6 Å². The van der Waals surface area contributed by atoms with E-state index in [1.54, 1.807) is 0 Å². The molecule has 0 aliphatic carbocycles. The predicted octanol–water partition coefficient (Wildman–Crippen LogP) is 3.30. The lowest BCUT2D eigenvalue weighted by Crippen LogP contribution is -1.95. The molecule has 0 saturated carbocycles. The van der Waals surface area contributed by atoms with Crippen LogP contribution in [0.5, 0.6) is 0 Å². The third-order valence-corrected chi connectivity index (χ3v) is 2.82. The molecule has 0 spiro atoms. The van der Waals surface area contributed by atoms with Crippen LogP contribution in [0.2, 0.25) is 5.02 Å². The van der Waals surface area contributed by atoms with Gasteiger partial charge in [-0.2, -0.15) is 5.10 Å². The van der Waals surface area contributed by atoms with Crippen molar-refractivity contribution in [2.75, 3.05) is 0 Å². The van der Waals surface area contributed by atoms with Gasteiger partial charge in [-0.15, -0.1) is 0 Å². The van der Waals surface area contributed by atoms with Crippen LogP contribution in [-0.2, 0) is 13.5 Å². The average Bonchev–Trinajstić information content (AvgIpc) is 2.60. The molecule has 1 heterocycles. The molecule has 0 bridgehead atoms. The first-order chi connectivity index (χ1) is 7.22. The third kappa shape index (κ3) is 1.90. The second-order valence-corrected chi connectivity index (χ2v) is 3.89. The van der Waals surface area contributed by atoms with Crippen LogP contribution in [0.1, 0.15) is 12.6 Å². The van der Waals surface area contributed by atoms with Gasteiger partial charge in [0.1, 0.15) is 0 Å². The summed E-state index contributed by atoms with van der Waals surface area (Å²) in [4.78, 5) is 0. The number of aryl methyl sites for hydroxylation is 2. The summed E-state index contributed by atoms with van der Waals surface area (Å²) in [6, 6.07) is 9.86. The van der Waals surface area contributed by atoms with Gasteiger partial charge in [-0.3, -0.25) is 4.68 Å². The van der Waals surface area contributed by atoms with Gasteiger partial charge in [0.25, 0.3) is 0 Å². The molecule has 2 aromatic rings. The summed E-state index contributed by atoms with van der Waals surface area (Å²) in [5.41, 5.74) is 3.15. The van der Waals surface area contributed by atoms with E-state index in [0.29, 0.717) is 0 Å². The molecule has 2 rings (SSSR count). The zero-order valence-corrected chi connectivity index (χ0v) is 9.62. The normalized spacial score (nSPS) is 10.6. The molecule has 2 nitrogen and oxygen atoms in total. The third-order valence-electron chi connectivity index (χ3n) is 2.49. The van der Waals surface area contributed by atoms with Crippen LogP contribution in [0.4, 0.5) is 0 Å². The van der Waals surface area contributed by atoms with Crippen molar-refractivity contribution in [2.45, 2.75) is 13.3 Å². The molecular weight excluding hydrogens is 208 g/mol. The zero-order valence-electron chi connectivity index (χ0n) is 8.87. The first-order valence-electron chi connectivity index (χ1n) is 5.00. The number of aromatic nitrogens is 2. The summed E-state index contributed by atoms with van der Waals surface area (Å²) in [6.07, 6.45) is 0.980. The molecule has 0 unspecified atom stereocenters. The first kappa shape index (κ1) is 10.2. The molecule has 1 aromatic carbocycles. The van der Waals surface area contributed by atoms with Crippen LogP contribution in [0.3, 0.4) is 0 Å². The summed E-state index contributed by atoms with van der Waals surface area (Å²) >= 11 is 6.11. The largest absolute Gasteiger partial charge is 0.272 e. The highest BCUT2D eigenvalue weighted by molar-refractivity contribution is 6.33. The van der Waals surface area contributed by atoms with Crippen LogP contribution < -0.4 is 0 Å². The quantitative estimate of drug-likeness (QED) is 0.760. The van der Waals surface area contributed by atoms with Crippen LogP contribution in [0.25, 0.3) is 11.3 Å². The van der Waals surface area contributed by atoms with E-state index in [0.717, 1.165) is 22.7 Å². The molecule has 3 heteroatoms. The highest BCUT2D eigenvalue weighted by Crippen LogP contribution is 2.26. The predicted molar refractivity (Wildman–Crippen MR) is 63.0 cm³/mol. The lowest BCUT2D eigenvalue weighted by molar-refractivity contribution is 0.720. The molecule has 0 atom stereocenters. The molecule has 0 saturated heterocycles. The van der Waals surface area contributed by atoms with E-state index < -0.39 is 0 Å². The maximum Gasteiger partial charge on any atom is 0.0940 e. The lowest BCUT2D eigenvalue weighted by atomic mass is 10.1. The SMILES string of the molecule is CCc1cc(-c2ccccc2Cl)nn1C. The average molecular weight is 221 g/mol. The molecule has 0 radical (unpaired) electrons. The minimum absolute atomic E-state index is 0.748. The Hall–Kier alpha value is -1.28. The van der Waals surface area contributed by atoms with Crippen molar-refractivity contribution in [1.82, 2.24) is 9.78 Å². The Morgan fingerprint density at radius 2 is 2.07 bits per heavy atom. The van der Waals surface area contributed by atoms with Crippen molar-refractivity contribution in [3.8, 4) is 11.3 Å². The van der Waals surface area contributed by atoms with Crippen LogP contribution in [0.15, 0.2) is 30.3 Å². The van der Waals surface area contributed by atoms with Crippen molar-refractivity contribution in [2.24, 2.45) is 7.05 Å². The summed E-state index contributed by atoms with van der Waals surface area (Å²) in [5.74, 6) is 0. The van der Waals surface area contributed by atoms with Gasteiger partial charge in [0.15, 0.2) is 0 Å². The fourth-order valence-corrected chi connectivity index (χ4v) is 1.87. The van der Waals surface area contributed by atoms with Gasteiger partial charge in [0.05, 0.1) is 10.7 Å². The number of halogens is 1. The molecule has 0 N–H and O–H groups in total. The van der Waals surface area contributed by atoms with Crippen molar-refractivity contribution < 1.29 is 0 Å². The Morgan fingerprint density at radius 3 is 2.67 bits per heavy atom. The van der Waals surface area contributed by atoms with Gasteiger partial charge >= 0.3 is 0 Å². The van der Waals surface area contributed by atoms with E-state index in [4.69, 9.17) is 11.6 Å².